The molecule has 1 aliphatic rings. The number of hydrogen-bond acceptors (Lipinski definition) is 18. The Kier molecular flexibility index (Phi) is 13.3. The van der Waals surface area contributed by atoms with E-state index in [-0.39, 0.29) is 30.0 Å². The first-order chi connectivity index (χ1) is 29.1. The molecule has 320 valence electrons. The molecular formula is C38H34N5O14P3S-4. The van der Waals surface area contributed by atoms with Crippen molar-refractivity contribution in [3.8, 4) is 11.5 Å². The summed E-state index contributed by atoms with van der Waals surface area (Å²) in [5.74, 6) is 0.765. The number of hydrogen-bond donors (Lipinski definition) is 1. The van der Waals surface area contributed by atoms with E-state index in [0.29, 0.717) is 33.8 Å². The van der Waals surface area contributed by atoms with E-state index in [4.69, 9.17) is 35.3 Å². The second-order valence-electron chi connectivity index (χ2n) is 13.2. The number of anilines is 1. The second-order valence-corrected chi connectivity index (χ2v) is 18.7. The van der Waals surface area contributed by atoms with Gasteiger partial charge in [0.05, 0.1) is 41.1 Å². The average molecular weight is 910 g/mol. The molecule has 7 rings (SSSR count). The van der Waals surface area contributed by atoms with Gasteiger partial charge in [-0.05, 0) is 53.1 Å². The second kappa shape index (κ2) is 18.3. The molecule has 0 aliphatic carbocycles. The number of methoxy groups -OCH3 is 2. The van der Waals surface area contributed by atoms with Crippen molar-refractivity contribution >= 4 is 57.1 Å². The smallest absolute Gasteiger partial charge is 0.276 e. The Balaban J connectivity index is 1.26. The molecule has 1 saturated heterocycles. The Morgan fingerprint density at radius 3 is 1.97 bits per heavy atom. The summed E-state index contributed by atoms with van der Waals surface area (Å²) in [6.45, 7) is -5.60. The summed E-state index contributed by atoms with van der Waals surface area (Å²) >= 11 is 4.88. The number of carbonyl (C=O) groups is 1. The molecule has 5 atom stereocenters. The van der Waals surface area contributed by atoms with Crippen LogP contribution in [0.4, 0.5) is 5.82 Å². The van der Waals surface area contributed by atoms with Gasteiger partial charge in [0.15, 0.2) is 17.0 Å². The van der Waals surface area contributed by atoms with Gasteiger partial charge in [-0.1, -0.05) is 84.6 Å². The fourth-order valence-corrected chi connectivity index (χ4v) is 10.9. The number of fused-ring (bicyclic) bond motifs is 1. The molecule has 6 aromatic rings. The highest BCUT2D eigenvalue weighted by Crippen LogP contribution is 2.61. The van der Waals surface area contributed by atoms with Crippen LogP contribution in [0.15, 0.2) is 122 Å². The van der Waals surface area contributed by atoms with Crippen molar-refractivity contribution in [3.63, 3.8) is 0 Å². The van der Waals surface area contributed by atoms with Crippen molar-refractivity contribution in [2.75, 3.05) is 26.1 Å². The van der Waals surface area contributed by atoms with E-state index >= 15 is 0 Å². The zero-order valence-corrected chi connectivity index (χ0v) is 35.4. The molecule has 2 aromatic heterocycles. The summed E-state index contributed by atoms with van der Waals surface area (Å²) in [7, 11) is -9.23. The molecule has 0 spiro atoms. The van der Waals surface area contributed by atoms with Crippen LogP contribution in [0, 0.1) is 0 Å². The fraction of sp³-hybridized carbons (Fsp3) is 0.211. The van der Waals surface area contributed by atoms with Crippen LogP contribution in [0.3, 0.4) is 0 Å². The number of rotatable bonds is 17. The summed E-state index contributed by atoms with van der Waals surface area (Å²) in [6.07, 6.45) is -1.37. The lowest BCUT2D eigenvalue weighted by Crippen LogP contribution is -2.38. The van der Waals surface area contributed by atoms with Crippen LogP contribution < -0.4 is 34.4 Å². The minimum atomic E-state index is -6.18. The van der Waals surface area contributed by atoms with Gasteiger partial charge < -0.3 is 52.9 Å². The van der Waals surface area contributed by atoms with E-state index in [1.165, 1.54) is 31.4 Å². The summed E-state index contributed by atoms with van der Waals surface area (Å²) in [6, 6.07) is 31.9. The molecule has 1 N–H and O–H groups in total. The van der Waals surface area contributed by atoms with E-state index in [0.717, 1.165) is 0 Å². The molecule has 1 aliphatic heterocycles. The molecule has 19 nitrogen and oxygen atoms in total. The average Bonchev–Trinajstić information content (AvgIpc) is 3.85. The van der Waals surface area contributed by atoms with Gasteiger partial charge in [-0.3, -0.25) is 22.5 Å². The molecule has 1 fully saturated rings. The summed E-state index contributed by atoms with van der Waals surface area (Å²) < 4.78 is 62.7. The Hall–Kier alpha value is -4.75. The third-order valence-corrected chi connectivity index (χ3v) is 14.0. The van der Waals surface area contributed by atoms with Crippen LogP contribution >= 0.6 is 22.4 Å². The zero-order chi connectivity index (χ0) is 43.4. The number of benzene rings is 4. The third kappa shape index (κ3) is 10.3. The fourth-order valence-electron chi connectivity index (χ4n) is 6.78. The molecule has 0 radical (unpaired) electrons. The van der Waals surface area contributed by atoms with E-state index in [1.54, 1.807) is 54.6 Å². The number of phosphoric acid groups is 2. The number of imidazole rings is 1. The van der Waals surface area contributed by atoms with Crippen LogP contribution in [0.25, 0.3) is 11.2 Å². The van der Waals surface area contributed by atoms with E-state index in [2.05, 4.69) is 28.9 Å². The van der Waals surface area contributed by atoms with Gasteiger partial charge in [0.1, 0.15) is 42.5 Å². The SMILES string of the molecule is COc1ccc(C(OC[C@H]2O[C@@H](n3cnc4c(NC(=O)c5ccccc5)ncnc43)C[C@@H]2OP([O-])(=S)OP(=O)([O-])OP(=O)([O-])[O-])(c2ccccc2)c2ccc(OC)cc2)cc1. The highest BCUT2D eigenvalue weighted by atomic mass is 32.5. The molecule has 23 heteroatoms. The maximum absolute atomic E-state index is 13.5. The lowest BCUT2D eigenvalue weighted by Gasteiger charge is -2.40. The molecule has 4 aromatic carbocycles. The normalized spacial score (nSPS) is 18.9. The van der Waals surface area contributed by atoms with Gasteiger partial charge in [-0.15, -0.1) is 0 Å². The number of carbonyl (C=O) groups excluding carboxylic acids is 1. The minimum absolute atomic E-state index is 0.0820. The van der Waals surface area contributed by atoms with Crippen LogP contribution in [0.5, 0.6) is 11.5 Å². The van der Waals surface area contributed by atoms with Gasteiger partial charge in [0.25, 0.3) is 13.7 Å². The van der Waals surface area contributed by atoms with Crippen molar-refractivity contribution < 1.29 is 65.6 Å². The largest absolute Gasteiger partial charge is 0.790 e. The number of aromatic nitrogens is 4. The predicted molar refractivity (Wildman–Crippen MR) is 213 cm³/mol. The number of amides is 1. The van der Waals surface area contributed by atoms with Crippen molar-refractivity contribution in [3.05, 3.63) is 144 Å². The van der Waals surface area contributed by atoms with Crippen molar-refractivity contribution in [1.82, 2.24) is 19.5 Å². The van der Waals surface area contributed by atoms with Crippen LogP contribution in [0.1, 0.15) is 39.7 Å². The van der Waals surface area contributed by atoms with Gasteiger partial charge in [0, 0.05) is 12.0 Å². The number of nitrogens with zero attached hydrogens (tertiary/aromatic N) is 4. The monoisotopic (exact) mass is 909 g/mol. The first-order valence-corrected chi connectivity index (χ1v) is 23.5. The maximum Gasteiger partial charge on any atom is 0.276 e. The topological polar surface area (TPSA) is 264 Å². The van der Waals surface area contributed by atoms with Gasteiger partial charge in [-0.2, -0.15) is 0 Å². The molecule has 1 amide bonds. The minimum Gasteiger partial charge on any atom is -0.790 e. The maximum atomic E-state index is 13.5. The lowest BCUT2D eigenvalue weighted by molar-refractivity contribution is -0.339. The quantitative estimate of drug-likeness (QED) is 0.101. The highest BCUT2D eigenvalue weighted by Gasteiger charge is 2.44. The standard InChI is InChI=1S/C38H38N5O14P3S/c1-51-29-17-13-27(14-18-29)38(26-11-7-4-8-12-26,28-15-19-30(52-2)20-16-28)53-22-32-31(55-60(50,61)57-59(48,49)56-58(45,46)47)21-33(54-32)43-24-41-34-35(39-23-40-36(34)43)42-37(44)25-9-5-3-6-10-25/h3-20,23-24,31-33H,21-22H2,1-2H3,(H,48,49)(H,50,61)(H2,45,46,47)(H,39,40,42,44)/p-4/t31-,32+,33+,60?/m0/s1. The van der Waals surface area contributed by atoms with E-state index in [9.17, 15) is 33.5 Å². The van der Waals surface area contributed by atoms with Crippen molar-refractivity contribution in [2.24, 2.45) is 0 Å². The Labute approximate surface area is 353 Å². The molecule has 0 bridgehead atoms. The molecular weight excluding hydrogens is 875 g/mol. The summed E-state index contributed by atoms with van der Waals surface area (Å²) in [4.78, 5) is 74.0. The lowest BCUT2D eigenvalue weighted by atomic mass is 9.80. The predicted octanol–water partition coefficient (Wildman–Crippen LogP) is 3.69. The summed E-state index contributed by atoms with van der Waals surface area (Å²) in [5.41, 5.74) is 1.28. The molecule has 3 heterocycles. The first-order valence-electron chi connectivity index (χ1n) is 18.0. The Bertz CT molecular complexity index is 2570. The molecule has 0 saturated carbocycles. The molecule has 61 heavy (non-hydrogen) atoms. The van der Waals surface area contributed by atoms with Crippen LogP contribution in [-0.4, -0.2) is 58.5 Å². The molecule has 2 unspecified atom stereocenters. The zero-order valence-electron chi connectivity index (χ0n) is 31.9. The van der Waals surface area contributed by atoms with Gasteiger partial charge >= 0.3 is 0 Å². The number of nitrogens with one attached hydrogen (secondary N) is 1. The van der Waals surface area contributed by atoms with Crippen LogP contribution in [-0.2, 0) is 49.2 Å². The Morgan fingerprint density at radius 2 is 1.39 bits per heavy atom. The number of ether oxygens (including phenoxy) is 4. The third-order valence-electron chi connectivity index (χ3n) is 9.42. The van der Waals surface area contributed by atoms with E-state index in [1.807, 2.05) is 54.6 Å². The highest BCUT2D eigenvalue weighted by molar-refractivity contribution is 8.07. The van der Waals surface area contributed by atoms with Gasteiger partial charge in [-0.25, -0.2) is 15.0 Å². The van der Waals surface area contributed by atoms with Crippen molar-refractivity contribution in [1.29, 1.82) is 0 Å². The summed E-state index contributed by atoms with van der Waals surface area (Å²) in [5, 5.41) is 2.72. The van der Waals surface area contributed by atoms with Gasteiger partial charge in [0.2, 0.25) is 0 Å². The van der Waals surface area contributed by atoms with E-state index < -0.39 is 52.3 Å². The van der Waals surface area contributed by atoms with Crippen molar-refractivity contribution in [2.45, 2.75) is 30.5 Å². The first kappa shape index (κ1) is 44.3. The van der Waals surface area contributed by atoms with Crippen LogP contribution in [0.2, 0.25) is 0 Å². The Morgan fingerprint density at radius 1 is 0.820 bits per heavy atom.